The highest BCUT2D eigenvalue weighted by atomic mass is 16.5. The van der Waals surface area contributed by atoms with E-state index < -0.39 is 0 Å². The van der Waals surface area contributed by atoms with Gasteiger partial charge in [-0.05, 0) is 35.6 Å². The van der Waals surface area contributed by atoms with Crippen molar-refractivity contribution >= 4 is 0 Å². The molecule has 98 valence electrons. The second-order valence-corrected chi connectivity index (χ2v) is 4.92. The SMILES string of the molecule is COc1cc2c(cc1OC)-c1c(c(=O)c1=O)C(C)C2. The fourth-order valence-corrected chi connectivity index (χ4v) is 2.90. The first-order valence-corrected chi connectivity index (χ1v) is 6.17. The van der Waals surface area contributed by atoms with E-state index in [0.717, 1.165) is 17.5 Å². The molecule has 3 rings (SSSR count). The van der Waals surface area contributed by atoms with Gasteiger partial charge in [0, 0.05) is 11.1 Å². The molecule has 0 N–H and O–H groups in total. The normalized spacial score (nSPS) is 16.9. The molecule has 2 aromatic carbocycles. The molecule has 2 aromatic rings. The summed E-state index contributed by atoms with van der Waals surface area (Å²) in [6.07, 6.45) is 0.744. The van der Waals surface area contributed by atoms with E-state index >= 15 is 0 Å². The highest BCUT2D eigenvalue weighted by Crippen LogP contribution is 2.42. The number of hydrogen-bond donors (Lipinski definition) is 0. The van der Waals surface area contributed by atoms with Gasteiger partial charge in [0.05, 0.1) is 14.2 Å². The van der Waals surface area contributed by atoms with E-state index in [0.29, 0.717) is 22.6 Å². The van der Waals surface area contributed by atoms with Crippen LogP contribution in [0, 0.1) is 0 Å². The number of hydrogen-bond acceptors (Lipinski definition) is 4. The van der Waals surface area contributed by atoms with Crippen LogP contribution in [-0.2, 0) is 6.42 Å². The smallest absolute Gasteiger partial charge is 0.234 e. The summed E-state index contributed by atoms with van der Waals surface area (Å²) in [6.45, 7) is 1.97. The van der Waals surface area contributed by atoms with E-state index in [1.54, 1.807) is 20.3 Å². The van der Waals surface area contributed by atoms with Crippen molar-refractivity contribution in [1.29, 1.82) is 0 Å². The molecule has 0 bridgehead atoms. The van der Waals surface area contributed by atoms with Crippen LogP contribution in [0.4, 0.5) is 0 Å². The predicted molar refractivity (Wildman–Crippen MR) is 72.0 cm³/mol. The van der Waals surface area contributed by atoms with Crippen LogP contribution in [0.15, 0.2) is 21.7 Å². The number of methoxy groups -OCH3 is 2. The summed E-state index contributed by atoms with van der Waals surface area (Å²) >= 11 is 0. The molecule has 4 nitrogen and oxygen atoms in total. The molecule has 4 heteroatoms. The van der Waals surface area contributed by atoms with Gasteiger partial charge in [-0.15, -0.1) is 0 Å². The molecular formula is C15H14O4. The summed E-state index contributed by atoms with van der Waals surface area (Å²) in [4.78, 5) is 23.4. The monoisotopic (exact) mass is 258 g/mol. The van der Waals surface area contributed by atoms with Gasteiger partial charge in [-0.1, -0.05) is 6.92 Å². The Morgan fingerprint density at radius 1 is 1.05 bits per heavy atom. The molecule has 1 atom stereocenters. The second-order valence-electron chi connectivity index (χ2n) is 4.92. The number of ether oxygens (including phenoxy) is 2. The summed E-state index contributed by atoms with van der Waals surface area (Å²) in [5.74, 6) is 1.32. The summed E-state index contributed by atoms with van der Waals surface area (Å²) in [6, 6.07) is 3.68. The molecular weight excluding hydrogens is 244 g/mol. The molecule has 1 aliphatic rings. The van der Waals surface area contributed by atoms with Crippen LogP contribution >= 0.6 is 0 Å². The van der Waals surface area contributed by atoms with Crippen molar-refractivity contribution in [3.63, 3.8) is 0 Å². The van der Waals surface area contributed by atoms with Gasteiger partial charge in [0.25, 0.3) is 0 Å². The van der Waals surface area contributed by atoms with E-state index in [2.05, 4.69) is 0 Å². The van der Waals surface area contributed by atoms with Gasteiger partial charge in [-0.3, -0.25) is 9.59 Å². The Kier molecular flexibility index (Phi) is 2.49. The zero-order chi connectivity index (χ0) is 13.7. The average Bonchev–Trinajstić information content (AvgIpc) is 2.43. The minimum Gasteiger partial charge on any atom is -0.493 e. The molecule has 19 heavy (non-hydrogen) atoms. The number of benzene rings is 1. The van der Waals surface area contributed by atoms with Crippen LogP contribution in [-0.4, -0.2) is 14.2 Å². The van der Waals surface area contributed by atoms with Crippen molar-refractivity contribution in [2.75, 3.05) is 14.2 Å². The largest absolute Gasteiger partial charge is 0.493 e. The molecule has 0 fully saturated rings. The molecule has 1 aliphatic carbocycles. The van der Waals surface area contributed by atoms with Crippen molar-refractivity contribution in [1.82, 2.24) is 0 Å². The summed E-state index contributed by atoms with van der Waals surface area (Å²) in [5, 5.41) is 0. The standard InChI is InChI=1S/C15H14O4/c1-7-4-8-5-10(18-2)11(19-3)6-9(8)13-12(7)14(16)15(13)17/h5-7H,4H2,1-3H3. The Bertz CT molecular complexity index is 735. The van der Waals surface area contributed by atoms with E-state index in [1.165, 1.54) is 0 Å². The molecule has 0 spiro atoms. The molecule has 1 unspecified atom stereocenters. The number of fused-ring (bicyclic) bond motifs is 3. The summed E-state index contributed by atoms with van der Waals surface area (Å²) in [5.41, 5.74) is 2.38. The van der Waals surface area contributed by atoms with Crippen LogP contribution in [0.3, 0.4) is 0 Å². The maximum atomic E-state index is 11.8. The van der Waals surface area contributed by atoms with Crippen LogP contribution < -0.4 is 20.3 Å². The van der Waals surface area contributed by atoms with Gasteiger partial charge in [0.15, 0.2) is 11.5 Å². The first kappa shape index (κ1) is 12.0. The highest BCUT2D eigenvalue weighted by Gasteiger charge is 2.33. The van der Waals surface area contributed by atoms with Crippen LogP contribution in [0.25, 0.3) is 11.1 Å². The first-order valence-electron chi connectivity index (χ1n) is 6.17. The molecule has 0 aromatic heterocycles. The lowest BCUT2D eigenvalue weighted by Crippen LogP contribution is -2.40. The molecule has 0 saturated heterocycles. The summed E-state index contributed by atoms with van der Waals surface area (Å²) in [7, 11) is 3.14. The van der Waals surface area contributed by atoms with Gasteiger partial charge in [0.1, 0.15) is 0 Å². The zero-order valence-corrected chi connectivity index (χ0v) is 11.1. The molecule has 0 heterocycles. The van der Waals surface area contributed by atoms with Crippen molar-refractivity contribution in [3.8, 4) is 22.6 Å². The Labute approximate surface area is 110 Å². The minimum absolute atomic E-state index is 0.0887. The highest BCUT2D eigenvalue weighted by molar-refractivity contribution is 5.79. The van der Waals surface area contributed by atoms with Crippen molar-refractivity contribution < 1.29 is 9.47 Å². The van der Waals surface area contributed by atoms with Crippen molar-refractivity contribution in [2.45, 2.75) is 19.3 Å². The quantitative estimate of drug-likeness (QED) is 0.768. The first-order chi connectivity index (χ1) is 9.08. The van der Waals surface area contributed by atoms with Crippen LogP contribution in [0.2, 0.25) is 0 Å². The third-order valence-electron chi connectivity index (χ3n) is 3.84. The average molecular weight is 258 g/mol. The van der Waals surface area contributed by atoms with Crippen LogP contribution in [0.5, 0.6) is 11.5 Å². The lowest BCUT2D eigenvalue weighted by atomic mass is 9.76. The van der Waals surface area contributed by atoms with Gasteiger partial charge < -0.3 is 9.47 Å². The van der Waals surface area contributed by atoms with Gasteiger partial charge >= 0.3 is 0 Å². The Morgan fingerprint density at radius 2 is 1.68 bits per heavy atom. The van der Waals surface area contributed by atoms with Crippen LogP contribution in [0.1, 0.15) is 24.0 Å². The minimum atomic E-state index is -0.380. The molecule has 0 radical (unpaired) electrons. The topological polar surface area (TPSA) is 52.6 Å². The van der Waals surface area contributed by atoms with E-state index in [-0.39, 0.29) is 16.8 Å². The predicted octanol–water partition coefficient (Wildman–Crippen LogP) is 1.63. The fourth-order valence-electron chi connectivity index (χ4n) is 2.90. The van der Waals surface area contributed by atoms with Gasteiger partial charge in [-0.25, -0.2) is 0 Å². The maximum absolute atomic E-state index is 11.8. The van der Waals surface area contributed by atoms with Gasteiger partial charge in [0.2, 0.25) is 10.9 Å². The molecule has 0 aliphatic heterocycles. The van der Waals surface area contributed by atoms with Crippen molar-refractivity contribution in [2.24, 2.45) is 0 Å². The zero-order valence-electron chi connectivity index (χ0n) is 11.1. The number of rotatable bonds is 2. The summed E-state index contributed by atoms with van der Waals surface area (Å²) < 4.78 is 10.5. The van der Waals surface area contributed by atoms with E-state index in [1.807, 2.05) is 13.0 Å². The lowest BCUT2D eigenvalue weighted by molar-refractivity contribution is 0.354. The van der Waals surface area contributed by atoms with E-state index in [9.17, 15) is 9.59 Å². The maximum Gasteiger partial charge on any atom is 0.234 e. The van der Waals surface area contributed by atoms with Crippen molar-refractivity contribution in [3.05, 3.63) is 43.7 Å². The Hall–Kier alpha value is -2.10. The fraction of sp³-hybridized carbons (Fsp3) is 0.333. The Morgan fingerprint density at radius 3 is 2.32 bits per heavy atom. The third kappa shape index (κ3) is 1.46. The Balaban J connectivity index is 2.28. The van der Waals surface area contributed by atoms with E-state index in [4.69, 9.17) is 9.47 Å². The molecule has 0 saturated carbocycles. The lowest BCUT2D eigenvalue weighted by Gasteiger charge is -2.26. The third-order valence-corrected chi connectivity index (χ3v) is 3.84. The second kappa shape index (κ2) is 3.95. The van der Waals surface area contributed by atoms with Gasteiger partial charge in [-0.2, -0.15) is 0 Å². The molecule has 0 amide bonds.